The summed E-state index contributed by atoms with van der Waals surface area (Å²) in [5, 5.41) is 3.24. The molecule has 0 saturated heterocycles. The number of amides is 1. The first-order valence-corrected chi connectivity index (χ1v) is 7.63. The molecule has 0 aliphatic heterocycles. The lowest BCUT2D eigenvalue weighted by Gasteiger charge is -2.23. The zero-order valence-corrected chi connectivity index (χ0v) is 13.4. The smallest absolute Gasteiger partial charge is 0.236 e. The van der Waals surface area contributed by atoms with Crippen molar-refractivity contribution in [1.82, 2.24) is 14.8 Å². The van der Waals surface area contributed by atoms with Crippen LogP contribution in [-0.2, 0) is 18.4 Å². The molecule has 4 nitrogen and oxygen atoms in total. The Balaban J connectivity index is 2.54. The van der Waals surface area contributed by atoms with Gasteiger partial charge in [0, 0.05) is 25.5 Å². The van der Waals surface area contributed by atoms with Crippen LogP contribution in [0.1, 0.15) is 39.3 Å². The van der Waals surface area contributed by atoms with Crippen LogP contribution in [0.15, 0.2) is 18.3 Å². The number of aromatic nitrogens is 1. The van der Waals surface area contributed by atoms with Gasteiger partial charge in [0.2, 0.25) is 5.91 Å². The fraction of sp³-hybridized carbons (Fsp3) is 0.688. The van der Waals surface area contributed by atoms with Gasteiger partial charge in [0.1, 0.15) is 0 Å². The number of rotatable bonds is 9. The first-order valence-electron chi connectivity index (χ1n) is 7.63. The van der Waals surface area contributed by atoms with Gasteiger partial charge in [-0.3, -0.25) is 4.79 Å². The van der Waals surface area contributed by atoms with Gasteiger partial charge in [-0.15, -0.1) is 0 Å². The van der Waals surface area contributed by atoms with Crippen LogP contribution >= 0.6 is 0 Å². The van der Waals surface area contributed by atoms with Gasteiger partial charge in [0.25, 0.3) is 0 Å². The van der Waals surface area contributed by atoms with Gasteiger partial charge in [0.15, 0.2) is 0 Å². The predicted molar refractivity (Wildman–Crippen MR) is 83.4 cm³/mol. The second kappa shape index (κ2) is 8.80. The average Bonchev–Trinajstić information content (AvgIpc) is 2.79. The van der Waals surface area contributed by atoms with Crippen LogP contribution in [0.2, 0.25) is 0 Å². The van der Waals surface area contributed by atoms with Crippen molar-refractivity contribution >= 4 is 5.91 Å². The van der Waals surface area contributed by atoms with Crippen molar-refractivity contribution in [2.24, 2.45) is 13.0 Å². The number of hydrogen-bond acceptors (Lipinski definition) is 2. The maximum Gasteiger partial charge on any atom is 0.236 e. The van der Waals surface area contributed by atoms with E-state index < -0.39 is 0 Å². The second-order valence-electron chi connectivity index (χ2n) is 5.80. The molecular formula is C16H29N3O. The van der Waals surface area contributed by atoms with E-state index in [1.54, 1.807) is 0 Å². The van der Waals surface area contributed by atoms with Gasteiger partial charge in [-0.05, 0) is 31.0 Å². The number of carbonyl (C=O) groups excluding carboxylic acids is 1. The largest absolute Gasteiger partial charge is 0.353 e. The Morgan fingerprint density at radius 2 is 2.20 bits per heavy atom. The summed E-state index contributed by atoms with van der Waals surface area (Å²) in [7, 11) is 2.02. The monoisotopic (exact) mass is 279 g/mol. The molecule has 114 valence electrons. The topological polar surface area (TPSA) is 37.3 Å². The van der Waals surface area contributed by atoms with Crippen molar-refractivity contribution in [3.63, 3.8) is 0 Å². The van der Waals surface area contributed by atoms with Crippen LogP contribution in [0.3, 0.4) is 0 Å². The summed E-state index contributed by atoms with van der Waals surface area (Å²) in [6.45, 7) is 9.31. The number of hydrogen-bond donors (Lipinski definition) is 1. The van der Waals surface area contributed by atoms with Gasteiger partial charge in [-0.2, -0.15) is 0 Å². The molecule has 0 aliphatic rings. The summed E-state index contributed by atoms with van der Waals surface area (Å²) in [5.41, 5.74) is 1.18. The third-order valence-electron chi connectivity index (χ3n) is 3.37. The summed E-state index contributed by atoms with van der Waals surface area (Å²) in [6, 6.07) is 4.10. The van der Waals surface area contributed by atoms with E-state index >= 15 is 0 Å². The number of nitrogens with zero attached hydrogens (tertiary/aromatic N) is 2. The van der Waals surface area contributed by atoms with E-state index in [4.69, 9.17) is 0 Å². The SMILES string of the molecule is CCCCN(Cc1cccn1C)C(=O)CNCC(C)C. The van der Waals surface area contributed by atoms with Gasteiger partial charge in [0.05, 0.1) is 13.1 Å². The van der Waals surface area contributed by atoms with Gasteiger partial charge in [-0.1, -0.05) is 27.2 Å². The first kappa shape index (κ1) is 16.8. The summed E-state index contributed by atoms with van der Waals surface area (Å²) < 4.78 is 2.08. The predicted octanol–water partition coefficient (Wildman–Crippen LogP) is 2.40. The molecule has 0 unspecified atom stereocenters. The number of unbranched alkanes of at least 4 members (excludes halogenated alkanes) is 1. The number of carbonyl (C=O) groups is 1. The quantitative estimate of drug-likeness (QED) is 0.753. The molecular weight excluding hydrogens is 250 g/mol. The maximum absolute atomic E-state index is 12.3. The molecule has 1 N–H and O–H groups in total. The minimum absolute atomic E-state index is 0.195. The molecule has 0 atom stereocenters. The molecule has 1 aromatic heterocycles. The highest BCUT2D eigenvalue weighted by Crippen LogP contribution is 2.07. The average molecular weight is 279 g/mol. The Hall–Kier alpha value is -1.29. The Labute approximate surface area is 123 Å². The molecule has 20 heavy (non-hydrogen) atoms. The third kappa shape index (κ3) is 5.78. The van der Waals surface area contributed by atoms with E-state index in [0.29, 0.717) is 19.0 Å². The summed E-state index contributed by atoms with van der Waals surface area (Å²) >= 11 is 0. The van der Waals surface area contributed by atoms with E-state index in [1.165, 1.54) is 5.69 Å². The molecule has 1 heterocycles. The minimum atomic E-state index is 0.195. The first-order chi connectivity index (χ1) is 9.54. The van der Waals surface area contributed by atoms with Crippen LogP contribution in [0.25, 0.3) is 0 Å². The zero-order chi connectivity index (χ0) is 15.0. The second-order valence-corrected chi connectivity index (χ2v) is 5.80. The Kier molecular flexibility index (Phi) is 7.37. The van der Waals surface area contributed by atoms with E-state index in [1.807, 2.05) is 24.2 Å². The minimum Gasteiger partial charge on any atom is -0.353 e. The van der Waals surface area contributed by atoms with Crippen LogP contribution in [-0.4, -0.2) is 35.0 Å². The lowest BCUT2D eigenvalue weighted by Crippen LogP contribution is -2.39. The molecule has 0 radical (unpaired) electrons. The van der Waals surface area contributed by atoms with Gasteiger partial charge in [-0.25, -0.2) is 0 Å². The molecule has 1 rings (SSSR count). The standard InChI is InChI=1S/C16H29N3O/c1-5-6-10-19(13-15-8-7-9-18(15)4)16(20)12-17-11-14(2)3/h7-9,14,17H,5-6,10-13H2,1-4H3. The van der Waals surface area contributed by atoms with Crippen LogP contribution in [0, 0.1) is 5.92 Å². The fourth-order valence-corrected chi connectivity index (χ4v) is 2.08. The van der Waals surface area contributed by atoms with Crippen molar-refractivity contribution < 1.29 is 4.79 Å². The highest BCUT2D eigenvalue weighted by molar-refractivity contribution is 5.78. The van der Waals surface area contributed by atoms with Crippen molar-refractivity contribution in [3.05, 3.63) is 24.0 Å². The zero-order valence-electron chi connectivity index (χ0n) is 13.4. The Bertz CT molecular complexity index is 398. The van der Waals surface area contributed by atoms with Gasteiger partial charge < -0.3 is 14.8 Å². The van der Waals surface area contributed by atoms with Crippen LogP contribution < -0.4 is 5.32 Å². The molecule has 0 aromatic carbocycles. The lowest BCUT2D eigenvalue weighted by molar-refractivity contribution is -0.131. The third-order valence-corrected chi connectivity index (χ3v) is 3.37. The normalized spacial score (nSPS) is 11.1. The van der Waals surface area contributed by atoms with E-state index in [9.17, 15) is 4.79 Å². The highest BCUT2D eigenvalue weighted by Gasteiger charge is 2.14. The van der Waals surface area contributed by atoms with Crippen molar-refractivity contribution in [1.29, 1.82) is 0 Å². The van der Waals surface area contributed by atoms with Crippen LogP contribution in [0.4, 0.5) is 0 Å². The number of aryl methyl sites for hydroxylation is 1. The molecule has 0 aliphatic carbocycles. The van der Waals surface area contributed by atoms with Crippen LogP contribution in [0.5, 0.6) is 0 Å². The van der Waals surface area contributed by atoms with E-state index in [-0.39, 0.29) is 5.91 Å². The van der Waals surface area contributed by atoms with Crippen molar-refractivity contribution in [2.45, 2.75) is 40.2 Å². The molecule has 1 aromatic rings. The summed E-state index contributed by atoms with van der Waals surface area (Å²) in [6.07, 6.45) is 4.19. The van der Waals surface area contributed by atoms with Crippen molar-refractivity contribution in [2.75, 3.05) is 19.6 Å². The molecule has 0 saturated carbocycles. The molecule has 4 heteroatoms. The summed E-state index contributed by atoms with van der Waals surface area (Å²) in [5.74, 6) is 0.764. The Morgan fingerprint density at radius 3 is 2.75 bits per heavy atom. The molecule has 0 bridgehead atoms. The summed E-state index contributed by atoms with van der Waals surface area (Å²) in [4.78, 5) is 14.3. The fourth-order valence-electron chi connectivity index (χ4n) is 2.08. The van der Waals surface area contributed by atoms with E-state index in [2.05, 4.69) is 36.7 Å². The van der Waals surface area contributed by atoms with Crippen molar-refractivity contribution in [3.8, 4) is 0 Å². The molecule has 0 spiro atoms. The van der Waals surface area contributed by atoms with Gasteiger partial charge >= 0.3 is 0 Å². The van der Waals surface area contributed by atoms with E-state index in [0.717, 1.165) is 25.9 Å². The highest BCUT2D eigenvalue weighted by atomic mass is 16.2. The maximum atomic E-state index is 12.3. The molecule has 1 amide bonds. The number of nitrogens with one attached hydrogen (secondary N) is 1. The lowest BCUT2D eigenvalue weighted by atomic mass is 10.2. The molecule has 0 fully saturated rings. The Morgan fingerprint density at radius 1 is 1.45 bits per heavy atom.